The lowest BCUT2D eigenvalue weighted by atomic mass is 10.0. The summed E-state index contributed by atoms with van der Waals surface area (Å²) in [5.41, 5.74) is 5.87. The van der Waals surface area contributed by atoms with Gasteiger partial charge in [0.1, 0.15) is 0 Å². The van der Waals surface area contributed by atoms with Gasteiger partial charge in [0, 0.05) is 23.9 Å². The van der Waals surface area contributed by atoms with Gasteiger partial charge in [-0.25, -0.2) is 4.79 Å². The summed E-state index contributed by atoms with van der Waals surface area (Å²) in [7, 11) is 0. The first-order valence-corrected chi connectivity index (χ1v) is 18.8. The minimum atomic E-state index is -4.31. The number of aromatic nitrogens is 1. The van der Waals surface area contributed by atoms with Gasteiger partial charge in [0.25, 0.3) is 0 Å². The van der Waals surface area contributed by atoms with E-state index in [0.717, 1.165) is 55.0 Å². The number of ether oxygens (including phenoxy) is 2. The zero-order valence-electron chi connectivity index (χ0n) is 29.9. The molecule has 7 heteroatoms. The Kier molecular flexibility index (Phi) is 19.1. The summed E-state index contributed by atoms with van der Waals surface area (Å²) in [6, 6.07) is 20.2. The van der Waals surface area contributed by atoms with Crippen LogP contribution in [0.2, 0.25) is 0 Å². The van der Waals surface area contributed by atoms with Crippen molar-refractivity contribution in [3.63, 3.8) is 0 Å². The average Bonchev–Trinajstić information content (AvgIpc) is 3.11. The molecule has 3 aromatic rings. The number of pyridine rings is 1. The van der Waals surface area contributed by atoms with E-state index in [1.807, 2.05) is 24.4 Å². The Labute approximate surface area is 293 Å². The van der Waals surface area contributed by atoms with Crippen LogP contribution in [-0.2, 0) is 15.9 Å². The minimum absolute atomic E-state index is 0.0959. The molecule has 0 bridgehead atoms. The van der Waals surface area contributed by atoms with Crippen LogP contribution in [0.5, 0.6) is 0 Å². The number of hydrogen-bond acceptors (Lipinski definition) is 4. The van der Waals surface area contributed by atoms with E-state index in [4.69, 9.17) is 9.47 Å². The largest absolute Gasteiger partial charge is 0.462 e. The summed E-state index contributed by atoms with van der Waals surface area (Å²) in [6.07, 6.45) is 17.2. The third-order valence-electron chi connectivity index (χ3n) is 9.14. The van der Waals surface area contributed by atoms with E-state index in [2.05, 4.69) is 42.2 Å². The number of halogens is 3. The highest BCUT2D eigenvalue weighted by Crippen LogP contribution is 2.25. The van der Waals surface area contributed by atoms with Crippen LogP contribution in [0.15, 0.2) is 66.9 Å². The van der Waals surface area contributed by atoms with Gasteiger partial charge in [0.15, 0.2) is 6.10 Å². The van der Waals surface area contributed by atoms with Crippen molar-refractivity contribution in [2.75, 3.05) is 13.2 Å². The first kappa shape index (κ1) is 40.2. The first-order chi connectivity index (χ1) is 23.8. The normalized spacial score (nSPS) is 12.3. The summed E-state index contributed by atoms with van der Waals surface area (Å²) in [5, 5.41) is 0. The van der Waals surface area contributed by atoms with E-state index in [1.165, 1.54) is 82.6 Å². The molecule has 4 nitrogen and oxygen atoms in total. The van der Waals surface area contributed by atoms with Crippen LogP contribution in [0.3, 0.4) is 0 Å². The molecule has 1 aromatic heterocycles. The van der Waals surface area contributed by atoms with Crippen LogP contribution < -0.4 is 0 Å². The summed E-state index contributed by atoms with van der Waals surface area (Å²) in [4.78, 5) is 17.1. The number of carbonyl (C=O) groups excluding carboxylic acids is 1. The number of carbonyl (C=O) groups is 1. The Hall–Kier alpha value is -3.19. The molecule has 49 heavy (non-hydrogen) atoms. The molecule has 0 spiro atoms. The third-order valence-corrected chi connectivity index (χ3v) is 9.14. The summed E-state index contributed by atoms with van der Waals surface area (Å²) in [6.45, 7) is 3.71. The highest BCUT2D eigenvalue weighted by molar-refractivity contribution is 5.90. The van der Waals surface area contributed by atoms with Crippen molar-refractivity contribution in [2.45, 2.75) is 142 Å². The number of aryl methyl sites for hydroxylation is 1. The van der Waals surface area contributed by atoms with E-state index in [0.29, 0.717) is 25.0 Å². The first-order valence-electron chi connectivity index (χ1n) is 18.8. The highest BCUT2D eigenvalue weighted by atomic mass is 19.4. The fourth-order valence-electron chi connectivity index (χ4n) is 5.88. The summed E-state index contributed by atoms with van der Waals surface area (Å²) >= 11 is 0. The Morgan fingerprint density at radius 3 is 1.69 bits per heavy atom. The molecular weight excluding hydrogens is 623 g/mol. The molecule has 1 atom stereocenters. The maximum atomic E-state index is 12.5. The van der Waals surface area contributed by atoms with Crippen molar-refractivity contribution >= 4 is 5.97 Å². The molecule has 0 aliphatic carbocycles. The Balaban J connectivity index is 1.28. The van der Waals surface area contributed by atoms with E-state index in [-0.39, 0.29) is 12.6 Å². The number of benzene rings is 2. The van der Waals surface area contributed by atoms with E-state index in [1.54, 1.807) is 12.1 Å². The second-order valence-electron chi connectivity index (χ2n) is 13.3. The minimum Gasteiger partial charge on any atom is -0.462 e. The lowest BCUT2D eigenvalue weighted by Crippen LogP contribution is -2.28. The van der Waals surface area contributed by atoms with Gasteiger partial charge in [-0.2, -0.15) is 13.2 Å². The Morgan fingerprint density at radius 1 is 0.633 bits per heavy atom. The van der Waals surface area contributed by atoms with Crippen LogP contribution in [-0.4, -0.2) is 36.4 Å². The van der Waals surface area contributed by atoms with Crippen molar-refractivity contribution < 1.29 is 27.4 Å². The lowest BCUT2D eigenvalue weighted by Gasteiger charge is -2.16. The van der Waals surface area contributed by atoms with E-state index >= 15 is 0 Å². The molecule has 0 aliphatic heterocycles. The maximum absolute atomic E-state index is 12.5. The maximum Gasteiger partial charge on any atom is 0.414 e. The van der Waals surface area contributed by atoms with E-state index in [9.17, 15) is 18.0 Å². The molecule has 3 rings (SSSR count). The second kappa shape index (κ2) is 23.3. The average molecular weight is 682 g/mol. The molecule has 1 unspecified atom stereocenters. The van der Waals surface area contributed by atoms with Gasteiger partial charge in [0.05, 0.1) is 17.9 Å². The number of alkyl halides is 3. The molecule has 270 valence electrons. The lowest BCUT2D eigenvalue weighted by molar-refractivity contribution is -0.214. The molecular formula is C42H58F3NO3. The fraction of sp³-hybridized carbons (Fsp3) is 0.571. The second-order valence-corrected chi connectivity index (χ2v) is 13.3. The standard InChI is InChI=1S/C42H58F3NO3/c1-3-4-5-6-7-8-9-10-11-12-14-17-20-35-21-23-36(24-22-35)39-29-30-40(46-33-39)37-25-27-38(28-26-37)41(47)49-32-19-16-13-15-18-31-48-34(2)42(43,44)45/h21-30,33-34H,3-20,31-32H2,1-2H3. The molecule has 0 saturated heterocycles. The van der Waals surface area contributed by atoms with Crippen LogP contribution >= 0.6 is 0 Å². The number of nitrogens with zero attached hydrogens (tertiary/aromatic N) is 1. The summed E-state index contributed by atoms with van der Waals surface area (Å²) in [5.74, 6) is -0.369. The van der Waals surface area contributed by atoms with Crippen molar-refractivity contribution in [3.05, 3.63) is 78.0 Å². The molecule has 1 heterocycles. The predicted molar refractivity (Wildman–Crippen MR) is 195 cm³/mol. The SMILES string of the molecule is CCCCCCCCCCCCCCc1ccc(-c2ccc(-c3ccc(C(=O)OCCCCCCCOC(C)C(F)(F)F)cc3)nc2)cc1. The van der Waals surface area contributed by atoms with Gasteiger partial charge in [0.2, 0.25) is 0 Å². The van der Waals surface area contributed by atoms with Gasteiger partial charge in [-0.05, 0) is 61.9 Å². The van der Waals surface area contributed by atoms with Crippen molar-refractivity contribution in [1.82, 2.24) is 4.98 Å². The molecule has 0 fully saturated rings. The topological polar surface area (TPSA) is 48.4 Å². The predicted octanol–water partition coefficient (Wildman–Crippen LogP) is 12.7. The summed E-state index contributed by atoms with van der Waals surface area (Å²) < 4.78 is 47.5. The van der Waals surface area contributed by atoms with Crippen molar-refractivity contribution in [1.29, 1.82) is 0 Å². The fourth-order valence-corrected chi connectivity index (χ4v) is 5.88. The molecule has 0 amide bonds. The monoisotopic (exact) mass is 681 g/mol. The Morgan fingerprint density at radius 2 is 1.14 bits per heavy atom. The molecule has 0 aliphatic rings. The van der Waals surface area contributed by atoms with Gasteiger partial charge < -0.3 is 9.47 Å². The smallest absolute Gasteiger partial charge is 0.414 e. The van der Waals surface area contributed by atoms with Crippen LogP contribution in [0.25, 0.3) is 22.4 Å². The number of esters is 1. The van der Waals surface area contributed by atoms with E-state index < -0.39 is 12.3 Å². The zero-order valence-corrected chi connectivity index (χ0v) is 29.9. The number of unbranched alkanes of at least 4 members (excludes halogenated alkanes) is 15. The van der Waals surface area contributed by atoms with Crippen LogP contribution in [0.1, 0.15) is 139 Å². The van der Waals surface area contributed by atoms with Crippen molar-refractivity contribution in [3.8, 4) is 22.4 Å². The quantitative estimate of drug-likeness (QED) is 0.0660. The molecule has 2 aromatic carbocycles. The Bertz CT molecular complexity index is 1290. The highest BCUT2D eigenvalue weighted by Gasteiger charge is 2.36. The molecule has 0 N–H and O–H groups in total. The molecule has 0 saturated carbocycles. The van der Waals surface area contributed by atoms with Crippen LogP contribution in [0.4, 0.5) is 13.2 Å². The van der Waals surface area contributed by atoms with Gasteiger partial charge >= 0.3 is 12.1 Å². The zero-order chi connectivity index (χ0) is 35.2. The van der Waals surface area contributed by atoms with Crippen LogP contribution in [0, 0.1) is 0 Å². The van der Waals surface area contributed by atoms with Gasteiger partial charge in [-0.3, -0.25) is 4.98 Å². The van der Waals surface area contributed by atoms with Gasteiger partial charge in [-0.1, -0.05) is 139 Å². The number of hydrogen-bond donors (Lipinski definition) is 0. The third kappa shape index (κ3) is 16.4. The van der Waals surface area contributed by atoms with Crippen molar-refractivity contribution in [2.24, 2.45) is 0 Å². The number of rotatable bonds is 25. The molecule has 0 radical (unpaired) electrons. The van der Waals surface area contributed by atoms with Gasteiger partial charge in [-0.15, -0.1) is 0 Å².